The van der Waals surface area contributed by atoms with Crippen LogP contribution < -0.4 is 4.31 Å². The third kappa shape index (κ3) is 7.07. The smallest absolute Gasteiger partial charge is 0.359 e. The molecule has 1 aromatic carbocycles. The van der Waals surface area contributed by atoms with E-state index in [1.54, 1.807) is 18.2 Å². The van der Waals surface area contributed by atoms with E-state index in [2.05, 4.69) is 20.8 Å². The Morgan fingerprint density at radius 2 is 2.03 bits per heavy atom. The van der Waals surface area contributed by atoms with Crippen LogP contribution in [0.1, 0.15) is 58.1 Å². The van der Waals surface area contributed by atoms with Gasteiger partial charge in [0.15, 0.2) is 6.10 Å². The van der Waals surface area contributed by atoms with Crippen LogP contribution in [0.4, 0.5) is 5.69 Å². The molecule has 0 spiro atoms. The number of nitrogens with zero attached hydrogens (tertiary/aromatic N) is 1. The number of hydrogen-bond donors (Lipinski definition) is 1. The van der Waals surface area contributed by atoms with Crippen molar-refractivity contribution in [3.8, 4) is 0 Å². The molecule has 1 fully saturated rings. The van der Waals surface area contributed by atoms with E-state index in [-0.39, 0.29) is 24.2 Å². The lowest BCUT2D eigenvalue weighted by Gasteiger charge is -2.37. The number of carbonyl (C=O) groups excluding carboxylic acids is 1. The average molecular weight is 476 g/mol. The van der Waals surface area contributed by atoms with Crippen LogP contribution in [0.5, 0.6) is 0 Å². The number of hydrogen-bond acceptors (Lipinski definition) is 5. The predicted octanol–water partition coefficient (Wildman–Crippen LogP) is 4.62. The first-order chi connectivity index (χ1) is 14.6. The molecule has 1 aromatic rings. The van der Waals surface area contributed by atoms with E-state index in [9.17, 15) is 17.8 Å². The zero-order valence-electron chi connectivity index (χ0n) is 18.7. The van der Waals surface area contributed by atoms with Gasteiger partial charge < -0.3 is 9.47 Å². The Kier molecular flexibility index (Phi) is 9.61. The topological polar surface area (TPSA) is 93.1 Å². The second-order valence-corrected chi connectivity index (χ2v) is 10.3. The summed E-state index contributed by atoms with van der Waals surface area (Å²) in [5.41, 5.74) is 0.681. The van der Waals surface area contributed by atoms with Gasteiger partial charge in [-0.1, -0.05) is 39.3 Å². The fraction of sp³-hybridized carbons (Fsp3) is 0.682. The summed E-state index contributed by atoms with van der Waals surface area (Å²) in [6.45, 7) is 6.47. The number of methoxy groups -OCH3 is 1. The summed E-state index contributed by atoms with van der Waals surface area (Å²) in [6.07, 6.45) is 2.16. The molecule has 0 radical (unpaired) electrons. The fourth-order valence-corrected chi connectivity index (χ4v) is 5.11. The van der Waals surface area contributed by atoms with E-state index in [4.69, 9.17) is 21.1 Å². The monoisotopic (exact) mass is 475 g/mol. The first-order valence-corrected chi connectivity index (χ1v) is 12.7. The molecule has 4 unspecified atom stereocenters. The Labute approximate surface area is 190 Å². The SMILES string of the molecule is COC(C(=O)OC1CC(C)CCC1C(C)C)c1cccc(N(CCCCl)S(=O)(=O)O)c1. The van der Waals surface area contributed by atoms with Crippen LogP contribution in [-0.2, 0) is 24.6 Å². The zero-order chi connectivity index (χ0) is 23.2. The van der Waals surface area contributed by atoms with Crippen LogP contribution in [0.25, 0.3) is 0 Å². The summed E-state index contributed by atoms with van der Waals surface area (Å²) >= 11 is 5.68. The predicted molar refractivity (Wildman–Crippen MR) is 122 cm³/mol. The highest BCUT2D eigenvalue weighted by Gasteiger charge is 2.35. The van der Waals surface area contributed by atoms with Crippen molar-refractivity contribution in [2.45, 2.75) is 58.7 Å². The van der Waals surface area contributed by atoms with Crippen LogP contribution in [-0.4, -0.2) is 44.6 Å². The maximum absolute atomic E-state index is 13.0. The second-order valence-electron chi connectivity index (χ2n) is 8.60. The molecule has 0 heterocycles. The van der Waals surface area contributed by atoms with Gasteiger partial charge in [0, 0.05) is 19.5 Å². The van der Waals surface area contributed by atoms with Crippen molar-refractivity contribution in [2.75, 3.05) is 23.8 Å². The Hall–Kier alpha value is -1.35. The van der Waals surface area contributed by atoms with Crippen LogP contribution in [0.2, 0.25) is 0 Å². The Morgan fingerprint density at radius 1 is 1.32 bits per heavy atom. The summed E-state index contributed by atoms with van der Waals surface area (Å²) < 4.78 is 45.5. The van der Waals surface area contributed by atoms with E-state index >= 15 is 0 Å². The lowest BCUT2D eigenvalue weighted by atomic mass is 9.75. The van der Waals surface area contributed by atoms with Gasteiger partial charge in [-0.25, -0.2) is 9.10 Å². The Bertz CT molecular complexity index is 831. The number of benzene rings is 1. The number of ether oxygens (including phenoxy) is 2. The number of alkyl halides is 1. The largest absolute Gasteiger partial charge is 0.460 e. The molecule has 9 heteroatoms. The summed E-state index contributed by atoms with van der Waals surface area (Å²) in [4.78, 5) is 13.0. The van der Waals surface area contributed by atoms with Crippen LogP contribution in [0, 0.1) is 17.8 Å². The maximum atomic E-state index is 13.0. The van der Waals surface area contributed by atoms with E-state index in [0.717, 1.165) is 23.6 Å². The Balaban J connectivity index is 2.25. The number of rotatable bonds is 10. The van der Waals surface area contributed by atoms with Gasteiger partial charge in [0.1, 0.15) is 6.10 Å². The van der Waals surface area contributed by atoms with Crippen molar-refractivity contribution in [3.63, 3.8) is 0 Å². The van der Waals surface area contributed by atoms with Crippen molar-refractivity contribution >= 4 is 33.6 Å². The molecule has 31 heavy (non-hydrogen) atoms. The molecule has 176 valence electrons. The molecule has 1 aliphatic rings. The van der Waals surface area contributed by atoms with E-state index in [1.165, 1.54) is 13.2 Å². The quantitative estimate of drug-likeness (QED) is 0.301. The minimum atomic E-state index is -4.49. The van der Waals surface area contributed by atoms with Gasteiger partial charge in [-0.3, -0.25) is 4.55 Å². The third-order valence-corrected chi connectivity index (χ3v) is 7.13. The molecule has 1 aliphatic carbocycles. The maximum Gasteiger partial charge on any atom is 0.359 e. The van der Waals surface area contributed by atoms with Gasteiger partial charge in [0.05, 0.1) is 5.69 Å². The first-order valence-electron chi connectivity index (χ1n) is 10.7. The summed E-state index contributed by atoms with van der Waals surface area (Å²) in [5.74, 6) is 0.940. The molecule has 0 aromatic heterocycles. The number of halogens is 1. The summed E-state index contributed by atoms with van der Waals surface area (Å²) in [6, 6.07) is 6.34. The molecular formula is C22H34ClNO6S. The number of anilines is 1. The van der Waals surface area contributed by atoms with E-state index in [0.29, 0.717) is 29.7 Å². The van der Waals surface area contributed by atoms with Crippen LogP contribution in [0.15, 0.2) is 24.3 Å². The molecule has 0 amide bonds. The van der Waals surface area contributed by atoms with Crippen molar-refractivity contribution in [3.05, 3.63) is 29.8 Å². The highest BCUT2D eigenvalue weighted by Crippen LogP contribution is 2.36. The van der Waals surface area contributed by atoms with E-state index < -0.39 is 22.4 Å². The molecule has 1 saturated carbocycles. The molecule has 0 aliphatic heterocycles. The van der Waals surface area contributed by atoms with E-state index in [1.807, 2.05) is 0 Å². The highest BCUT2D eigenvalue weighted by molar-refractivity contribution is 7.87. The van der Waals surface area contributed by atoms with Crippen molar-refractivity contribution in [1.82, 2.24) is 0 Å². The summed E-state index contributed by atoms with van der Waals surface area (Å²) in [5, 5.41) is 0. The molecule has 7 nitrogen and oxygen atoms in total. The molecule has 1 N–H and O–H groups in total. The van der Waals surface area contributed by atoms with Gasteiger partial charge in [0.2, 0.25) is 0 Å². The number of carbonyl (C=O) groups is 1. The minimum Gasteiger partial charge on any atom is -0.460 e. The zero-order valence-corrected chi connectivity index (χ0v) is 20.2. The highest BCUT2D eigenvalue weighted by atomic mass is 35.5. The standard InChI is InChI=1S/C22H34ClNO6S/c1-15(2)19-10-9-16(3)13-20(19)30-22(25)21(29-4)17-7-5-8-18(14-17)24(12-6-11-23)31(26,27)28/h5,7-8,14-16,19-21H,6,9-13H2,1-4H3,(H,26,27,28). The second kappa shape index (κ2) is 11.5. The first kappa shape index (κ1) is 25.9. The van der Waals surface area contributed by atoms with Gasteiger partial charge in [-0.05, 0) is 54.7 Å². The average Bonchev–Trinajstić information content (AvgIpc) is 2.68. The van der Waals surface area contributed by atoms with Gasteiger partial charge >= 0.3 is 16.3 Å². The molecule has 0 saturated heterocycles. The van der Waals surface area contributed by atoms with Gasteiger partial charge in [-0.15, -0.1) is 11.6 Å². The van der Waals surface area contributed by atoms with Crippen LogP contribution in [0.3, 0.4) is 0 Å². The van der Waals surface area contributed by atoms with Gasteiger partial charge in [0.25, 0.3) is 0 Å². The van der Waals surface area contributed by atoms with Crippen molar-refractivity contribution < 1.29 is 27.2 Å². The molecule has 0 bridgehead atoms. The molecule has 4 atom stereocenters. The summed E-state index contributed by atoms with van der Waals surface area (Å²) in [7, 11) is -3.07. The fourth-order valence-electron chi connectivity index (χ4n) is 4.25. The van der Waals surface area contributed by atoms with Crippen molar-refractivity contribution in [1.29, 1.82) is 0 Å². The molecule has 2 rings (SSSR count). The van der Waals surface area contributed by atoms with Gasteiger partial charge in [-0.2, -0.15) is 8.42 Å². The minimum absolute atomic E-state index is 0.0178. The lowest BCUT2D eigenvalue weighted by Crippen LogP contribution is -2.37. The van der Waals surface area contributed by atoms with Crippen molar-refractivity contribution in [2.24, 2.45) is 17.8 Å². The Morgan fingerprint density at radius 3 is 2.61 bits per heavy atom. The third-order valence-electron chi connectivity index (χ3n) is 5.91. The lowest BCUT2D eigenvalue weighted by molar-refractivity contribution is -0.168. The van der Waals surface area contributed by atoms with Crippen LogP contribution >= 0.6 is 11.6 Å². The molecular weight excluding hydrogens is 442 g/mol. The normalized spacial score (nSPS) is 22.9. The number of esters is 1.